The van der Waals surface area contributed by atoms with E-state index in [1.54, 1.807) is 21.1 Å². The van der Waals surface area contributed by atoms with Crippen molar-refractivity contribution >= 4 is 11.9 Å². The van der Waals surface area contributed by atoms with Gasteiger partial charge in [-0.2, -0.15) is 0 Å². The molecule has 0 unspecified atom stereocenters. The number of ether oxygens (including phenoxy) is 2. The van der Waals surface area contributed by atoms with Gasteiger partial charge in [-0.1, -0.05) is 29.8 Å². The van der Waals surface area contributed by atoms with Gasteiger partial charge in [-0.05, 0) is 50.5 Å². The molecule has 0 bridgehead atoms. The van der Waals surface area contributed by atoms with E-state index in [2.05, 4.69) is 5.32 Å². The molecule has 1 heterocycles. The minimum Gasteiger partial charge on any atom is -0.497 e. The Kier molecular flexibility index (Phi) is 5.58. The first-order chi connectivity index (χ1) is 13.4. The number of amides is 3. The maximum atomic E-state index is 13.0. The van der Waals surface area contributed by atoms with Gasteiger partial charge in [-0.3, -0.25) is 9.69 Å². The maximum absolute atomic E-state index is 13.0. The minimum absolute atomic E-state index is 0.188. The Morgan fingerprint density at radius 3 is 2.39 bits per heavy atom. The number of carbonyl (C=O) groups is 2. The van der Waals surface area contributed by atoms with Crippen molar-refractivity contribution in [3.05, 3.63) is 59.2 Å². The van der Waals surface area contributed by atoms with Crippen LogP contribution in [0.4, 0.5) is 4.79 Å². The highest BCUT2D eigenvalue weighted by Gasteiger charge is 2.47. The van der Waals surface area contributed by atoms with E-state index in [0.717, 1.165) is 22.4 Å². The lowest BCUT2D eigenvalue weighted by molar-refractivity contribution is -0.131. The van der Waals surface area contributed by atoms with Crippen molar-refractivity contribution in [3.63, 3.8) is 0 Å². The molecule has 1 atom stereocenters. The van der Waals surface area contributed by atoms with Crippen LogP contribution in [0.3, 0.4) is 0 Å². The van der Waals surface area contributed by atoms with E-state index in [0.29, 0.717) is 18.6 Å². The van der Waals surface area contributed by atoms with Crippen LogP contribution in [0, 0.1) is 6.92 Å². The van der Waals surface area contributed by atoms with Crippen molar-refractivity contribution in [2.45, 2.75) is 38.8 Å². The number of hydrogen-bond donors (Lipinski definition) is 1. The van der Waals surface area contributed by atoms with E-state index in [4.69, 9.17) is 9.47 Å². The second-order valence-corrected chi connectivity index (χ2v) is 7.32. The Hall–Kier alpha value is -3.02. The molecule has 6 nitrogen and oxygen atoms in total. The summed E-state index contributed by atoms with van der Waals surface area (Å²) in [7, 11) is 3.21. The number of imide groups is 1. The second-order valence-electron chi connectivity index (χ2n) is 7.32. The highest BCUT2D eigenvalue weighted by atomic mass is 16.5. The van der Waals surface area contributed by atoms with Crippen molar-refractivity contribution in [1.29, 1.82) is 0 Å². The van der Waals surface area contributed by atoms with Gasteiger partial charge < -0.3 is 14.8 Å². The fraction of sp³-hybridized carbons (Fsp3) is 0.364. The average Bonchev–Trinajstić information content (AvgIpc) is 2.90. The molecule has 6 heteroatoms. The monoisotopic (exact) mass is 382 g/mol. The van der Waals surface area contributed by atoms with Gasteiger partial charge in [0.1, 0.15) is 17.0 Å². The third-order valence-electron chi connectivity index (χ3n) is 5.18. The molecule has 0 radical (unpaired) electrons. The molecule has 2 aromatic rings. The first kappa shape index (κ1) is 19.7. The molecule has 2 aromatic carbocycles. The Labute approximate surface area is 165 Å². The SMILES string of the molecule is COc1ccc(CC[C@]2(C)NC(=O)N(Cc3cc(C)ccc3OC)C2=O)cc1. The standard InChI is InChI=1S/C22H26N2O4/c1-15-5-10-19(28-4)17(13-15)14-24-20(25)22(2,23-21(24)26)12-11-16-6-8-18(27-3)9-7-16/h5-10,13H,11-12,14H2,1-4H3,(H,23,26)/t22-/m0/s1. The molecule has 0 aromatic heterocycles. The van der Waals surface area contributed by atoms with Crippen LogP contribution in [0.5, 0.6) is 11.5 Å². The van der Waals surface area contributed by atoms with Crippen LogP contribution < -0.4 is 14.8 Å². The van der Waals surface area contributed by atoms with Gasteiger partial charge in [0.2, 0.25) is 0 Å². The maximum Gasteiger partial charge on any atom is 0.325 e. The first-order valence-electron chi connectivity index (χ1n) is 9.27. The molecule has 28 heavy (non-hydrogen) atoms. The lowest BCUT2D eigenvalue weighted by Gasteiger charge is -2.22. The average molecular weight is 382 g/mol. The quantitative estimate of drug-likeness (QED) is 0.745. The summed E-state index contributed by atoms with van der Waals surface area (Å²) in [6.07, 6.45) is 1.19. The van der Waals surface area contributed by atoms with Crippen LogP contribution >= 0.6 is 0 Å². The van der Waals surface area contributed by atoms with Crippen molar-refractivity contribution in [2.75, 3.05) is 14.2 Å². The largest absolute Gasteiger partial charge is 0.497 e. The van der Waals surface area contributed by atoms with E-state index < -0.39 is 5.54 Å². The normalized spacial score (nSPS) is 18.9. The lowest BCUT2D eigenvalue weighted by Crippen LogP contribution is -2.44. The molecule has 148 valence electrons. The fourth-order valence-electron chi connectivity index (χ4n) is 3.45. The summed E-state index contributed by atoms with van der Waals surface area (Å²) in [5.74, 6) is 1.24. The molecule has 0 aliphatic carbocycles. The molecule has 1 aliphatic rings. The van der Waals surface area contributed by atoms with Crippen LogP contribution in [0.1, 0.15) is 30.0 Å². The predicted molar refractivity (Wildman–Crippen MR) is 107 cm³/mol. The number of aryl methyl sites for hydroxylation is 2. The molecular weight excluding hydrogens is 356 g/mol. The summed E-state index contributed by atoms with van der Waals surface area (Å²) >= 11 is 0. The minimum atomic E-state index is -0.923. The Morgan fingerprint density at radius 2 is 1.75 bits per heavy atom. The van der Waals surface area contributed by atoms with Gasteiger partial charge in [-0.15, -0.1) is 0 Å². The number of rotatable bonds is 7. The van der Waals surface area contributed by atoms with Crippen LogP contribution in [0.2, 0.25) is 0 Å². The molecule has 1 aliphatic heterocycles. The third-order valence-corrected chi connectivity index (χ3v) is 5.18. The molecule has 3 amide bonds. The van der Waals surface area contributed by atoms with E-state index in [9.17, 15) is 9.59 Å². The smallest absolute Gasteiger partial charge is 0.325 e. The predicted octanol–water partition coefficient (Wildman–Crippen LogP) is 3.46. The molecule has 3 rings (SSSR count). The molecular formula is C22H26N2O4. The van der Waals surface area contributed by atoms with Gasteiger partial charge >= 0.3 is 6.03 Å². The number of hydrogen-bond acceptors (Lipinski definition) is 4. The van der Waals surface area contributed by atoms with Crippen molar-refractivity contribution in [3.8, 4) is 11.5 Å². The Balaban J connectivity index is 1.72. The highest BCUT2D eigenvalue weighted by molar-refractivity contribution is 6.06. The summed E-state index contributed by atoms with van der Waals surface area (Å²) < 4.78 is 10.5. The number of nitrogens with one attached hydrogen (secondary N) is 1. The number of benzene rings is 2. The van der Waals surface area contributed by atoms with Crippen molar-refractivity contribution in [1.82, 2.24) is 10.2 Å². The molecule has 1 fully saturated rings. The van der Waals surface area contributed by atoms with Crippen LogP contribution in [0.15, 0.2) is 42.5 Å². The highest BCUT2D eigenvalue weighted by Crippen LogP contribution is 2.28. The lowest BCUT2D eigenvalue weighted by atomic mass is 9.93. The van der Waals surface area contributed by atoms with Gasteiger partial charge in [0.25, 0.3) is 5.91 Å². The van der Waals surface area contributed by atoms with E-state index in [1.807, 2.05) is 49.4 Å². The number of carbonyl (C=O) groups excluding carboxylic acids is 2. The van der Waals surface area contributed by atoms with Gasteiger partial charge in [-0.25, -0.2) is 4.79 Å². The van der Waals surface area contributed by atoms with Crippen molar-refractivity contribution < 1.29 is 19.1 Å². The van der Waals surface area contributed by atoms with E-state index >= 15 is 0 Å². The molecule has 1 N–H and O–H groups in total. The zero-order chi connectivity index (χ0) is 20.3. The van der Waals surface area contributed by atoms with Gasteiger partial charge in [0, 0.05) is 5.56 Å². The first-order valence-corrected chi connectivity index (χ1v) is 9.27. The zero-order valence-electron chi connectivity index (χ0n) is 16.7. The molecule has 0 saturated carbocycles. The third kappa shape index (κ3) is 3.96. The van der Waals surface area contributed by atoms with E-state index in [1.165, 1.54) is 4.90 Å². The topological polar surface area (TPSA) is 67.9 Å². The number of nitrogens with zero attached hydrogens (tertiary/aromatic N) is 1. The van der Waals surface area contributed by atoms with Crippen LogP contribution in [-0.2, 0) is 17.8 Å². The van der Waals surface area contributed by atoms with E-state index in [-0.39, 0.29) is 18.5 Å². The van der Waals surface area contributed by atoms with Gasteiger partial charge in [0.15, 0.2) is 0 Å². The zero-order valence-corrected chi connectivity index (χ0v) is 16.7. The molecule has 1 saturated heterocycles. The summed E-state index contributed by atoms with van der Waals surface area (Å²) in [5, 5.41) is 2.87. The Morgan fingerprint density at radius 1 is 1.04 bits per heavy atom. The second kappa shape index (κ2) is 7.92. The summed E-state index contributed by atoms with van der Waals surface area (Å²) in [6.45, 7) is 3.94. The fourth-order valence-corrected chi connectivity index (χ4v) is 3.45. The van der Waals surface area contributed by atoms with Crippen LogP contribution in [-0.4, -0.2) is 36.6 Å². The summed E-state index contributed by atoms with van der Waals surface area (Å²) in [4.78, 5) is 26.8. The molecule has 0 spiro atoms. The number of methoxy groups -OCH3 is 2. The summed E-state index contributed by atoms with van der Waals surface area (Å²) in [5.41, 5.74) is 2.02. The Bertz CT molecular complexity index is 879. The van der Waals surface area contributed by atoms with Crippen molar-refractivity contribution in [2.24, 2.45) is 0 Å². The summed E-state index contributed by atoms with van der Waals surface area (Å²) in [6, 6.07) is 13.1. The number of urea groups is 1. The van der Waals surface area contributed by atoms with Crippen LogP contribution in [0.25, 0.3) is 0 Å². The van der Waals surface area contributed by atoms with Gasteiger partial charge in [0.05, 0.1) is 20.8 Å².